The lowest BCUT2D eigenvalue weighted by Gasteiger charge is -2.29. The highest BCUT2D eigenvalue weighted by Gasteiger charge is 2.26. The number of fused-ring (bicyclic) bond motifs is 1. The van der Waals surface area contributed by atoms with Crippen LogP contribution in [-0.4, -0.2) is 24.0 Å². The fourth-order valence-corrected chi connectivity index (χ4v) is 2.92. The lowest BCUT2D eigenvalue weighted by Crippen LogP contribution is -2.38. The molecule has 1 aliphatic carbocycles. The number of nitrogens with zero attached hydrogens (tertiary/aromatic N) is 1. The fourth-order valence-electron chi connectivity index (χ4n) is 2.92. The molecule has 0 radical (unpaired) electrons. The van der Waals surface area contributed by atoms with Gasteiger partial charge in [-0.2, -0.15) is 0 Å². The zero-order valence-electron chi connectivity index (χ0n) is 13.1. The molecule has 112 valence electrons. The molecule has 2 heteroatoms. The van der Waals surface area contributed by atoms with Crippen molar-refractivity contribution >= 4 is 10.8 Å². The van der Waals surface area contributed by atoms with Crippen molar-refractivity contribution in [3.8, 4) is 0 Å². The molecule has 2 nitrogen and oxygen atoms in total. The Morgan fingerprint density at radius 3 is 2.48 bits per heavy atom. The number of hydrogen-bond acceptors (Lipinski definition) is 2. The highest BCUT2D eigenvalue weighted by molar-refractivity contribution is 5.83. The molecule has 2 aromatic rings. The van der Waals surface area contributed by atoms with Gasteiger partial charge in [-0.1, -0.05) is 36.4 Å². The Kier molecular flexibility index (Phi) is 4.27. The van der Waals surface area contributed by atoms with Gasteiger partial charge >= 0.3 is 0 Å². The Labute approximate surface area is 127 Å². The van der Waals surface area contributed by atoms with E-state index < -0.39 is 0 Å². The second kappa shape index (κ2) is 6.17. The molecule has 1 unspecified atom stereocenters. The molecule has 1 atom stereocenters. The molecular weight excluding hydrogens is 256 g/mol. The van der Waals surface area contributed by atoms with Crippen LogP contribution >= 0.6 is 0 Å². The van der Waals surface area contributed by atoms with Crippen LogP contribution in [0, 0.1) is 5.92 Å². The summed E-state index contributed by atoms with van der Waals surface area (Å²) in [5.74, 6) is 0.913. The van der Waals surface area contributed by atoms with Crippen LogP contribution in [0.15, 0.2) is 42.5 Å². The molecule has 2 aromatic carbocycles. The molecule has 3 rings (SSSR count). The quantitative estimate of drug-likeness (QED) is 0.869. The monoisotopic (exact) mass is 282 g/mol. The van der Waals surface area contributed by atoms with E-state index in [1.165, 1.54) is 35.7 Å². The lowest BCUT2D eigenvalue weighted by molar-refractivity contribution is 0.200. The third-order valence-corrected chi connectivity index (χ3v) is 4.55. The first-order valence-corrected chi connectivity index (χ1v) is 8.12. The van der Waals surface area contributed by atoms with E-state index in [0.717, 1.165) is 12.5 Å². The third kappa shape index (κ3) is 3.63. The molecule has 0 spiro atoms. The van der Waals surface area contributed by atoms with Gasteiger partial charge in [-0.05, 0) is 55.0 Å². The number of rotatable bonds is 6. The molecule has 1 aliphatic rings. The van der Waals surface area contributed by atoms with Gasteiger partial charge in [0.1, 0.15) is 0 Å². The standard InChI is InChI=1S/C19H26N2/c1-14(2)21(12-15-7-8-15)13-19(20)18-10-9-16-5-3-4-6-17(16)11-18/h3-6,9-11,14-15,19H,7-8,12-13,20H2,1-2H3. The number of hydrogen-bond donors (Lipinski definition) is 1. The lowest BCUT2D eigenvalue weighted by atomic mass is 10.0. The van der Waals surface area contributed by atoms with Crippen LogP contribution in [-0.2, 0) is 0 Å². The Bertz CT molecular complexity index is 601. The van der Waals surface area contributed by atoms with Crippen LogP contribution in [0.1, 0.15) is 38.3 Å². The number of benzene rings is 2. The minimum absolute atomic E-state index is 0.0933. The van der Waals surface area contributed by atoms with Crippen LogP contribution in [0.4, 0.5) is 0 Å². The van der Waals surface area contributed by atoms with Gasteiger partial charge in [0.25, 0.3) is 0 Å². The van der Waals surface area contributed by atoms with E-state index in [1.54, 1.807) is 0 Å². The maximum atomic E-state index is 6.48. The molecule has 1 saturated carbocycles. The molecule has 0 heterocycles. The molecule has 21 heavy (non-hydrogen) atoms. The van der Waals surface area contributed by atoms with Crippen molar-refractivity contribution in [2.75, 3.05) is 13.1 Å². The van der Waals surface area contributed by atoms with Gasteiger partial charge in [0.2, 0.25) is 0 Å². The Hall–Kier alpha value is -1.38. The first-order valence-electron chi connectivity index (χ1n) is 8.12. The second-order valence-corrected chi connectivity index (χ2v) is 6.70. The molecular formula is C19H26N2. The summed E-state index contributed by atoms with van der Waals surface area (Å²) in [6, 6.07) is 15.8. The normalized spacial score (nSPS) is 16.8. The molecule has 0 saturated heterocycles. The van der Waals surface area contributed by atoms with Crippen LogP contribution in [0.5, 0.6) is 0 Å². The fraction of sp³-hybridized carbons (Fsp3) is 0.474. The molecule has 0 aliphatic heterocycles. The first-order chi connectivity index (χ1) is 10.1. The largest absolute Gasteiger partial charge is 0.323 e. The van der Waals surface area contributed by atoms with Crippen molar-refractivity contribution in [2.24, 2.45) is 11.7 Å². The summed E-state index contributed by atoms with van der Waals surface area (Å²) in [4.78, 5) is 2.54. The highest BCUT2D eigenvalue weighted by atomic mass is 15.2. The molecule has 2 N–H and O–H groups in total. The zero-order valence-corrected chi connectivity index (χ0v) is 13.1. The molecule has 1 fully saturated rings. The summed E-state index contributed by atoms with van der Waals surface area (Å²) in [5, 5.41) is 2.57. The van der Waals surface area contributed by atoms with E-state index in [0.29, 0.717) is 6.04 Å². The van der Waals surface area contributed by atoms with E-state index in [-0.39, 0.29) is 6.04 Å². The number of nitrogens with two attached hydrogens (primary N) is 1. The van der Waals surface area contributed by atoms with E-state index in [1.807, 2.05) is 0 Å². The first kappa shape index (κ1) is 14.6. The van der Waals surface area contributed by atoms with Gasteiger partial charge in [-0.25, -0.2) is 0 Å². The zero-order chi connectivity index (χ0) is 14.8. The predicted molar refractivity (Wildman–Crippen MR) is 90.3 cm³/mol. The minimum atomic E-state index is 0.0933. The van der Waals surface area contributed by atoms with Crippen LogP contribution in [0.3, 0.4) is 0 Å². The topological polar surface area (TPSA) is 29.3 Å². The summed E-state index contributed by atoms with van der Waals surface area (Å²) in [7, 11) is 0. The van der Waals surface area contributed by atoms with Gasteiger partial charge in [-0.3, -0.25) is 4.90 Å². The van der Waals surface area contributed by atoms with Crippen molar-refractivity contribution in [2.45, 2.75) is 38.8 Å². The van der Waals surface area contributed by atoms with Gasteiger partial charge in [-0.15, -0.1) is 0 Å². The summed E-state index contributed by atoms with van der Waals surface area (Å²) < 4.78 is 0. The highest BCUT2D eigenvalue weighted by Crippen LogP contribution is 2.31. The van der Waals surface area contributed by atoms with E-state index >= 15 is 0 Å². The van der Waals surface area contributed by atoms with Crippen LogP contribution in [0.25, 0.3) is 10.8 Å². The second-order valence-electron chi connectivity index (χ2n) is 6.70. The van der Waals surface area contributed by atoms with Crippen molar-refractivity contribution in [1.29, 1.82) is 0 Å². The maximum absolute atomic E-state index is 6.48. The van der Waals surface area contributed by atoms with Crippen molar-refractivity contribution in [3.63, 3.8) is 0 Å². The molecule has 0 amide bonds. The van der Waals surface area contributed by atoms with Crippen LogP contribution < -0.4 is 5.73 Å². The average molecular weight is 282 g/mol. The SMILES string of the molecule is CC(C)N(CC1CC1)CC(N)c1ccc2ccccc2c1. The van der Waals surface area contributed by atoms with Gasteiger partial charge in [0.15, 0.2) is 0 Å². The van der Waals surface area contributed by atoms with E-state index in [4.69, 9.17) is 5.73 Å². The summed E-state index contributed by atoms with van der Waals surface area (Å²) in [6.07, 6.45) is 2.79. The Balaban J connectivity index is 1.73. The molecule has 0 bridgehead atoms. The van der Waals surface area contributed by atoms with Crippen LogP contribution in [0.2, 0.25) is 0 Å². The molecule has 0 aromatic heterocycles. The van der Waals surface area contributed by atoms with Crippen molar-refractivity contribution in [3.05, 3.63) is 48.0 Å². The van der Waals surface area contributed by atoms with Gasteiger partial charge in [0.05, 0.1) is 0 Å². The third-order valence-electron chi connectivity index (χ3n) is 4.55. The Morgan fingerprint density at radius 2 is 1.81 bits per heavy atom. The maximum Gasteiger partial charge on any atom is 0.0424 e. The van der Waals surface area contributed by atoms with E-state index in [2.05, 4.69) is 61.2 Å². The summed E-state index contributed by atoms with van der Waals surface area (Å²) in [6.45, 7) is 6.70. The van der Waals surface area contributed by atoms with E-state index in [9.17, 15) is 0 Å². The van der Waals surface area contributed by atoms with Gasteiger partial charge in [0, 0.05) is 25.2 Å². The predicted octanol–water partition coefficient (Wildman–Crippen LogP) is 3.96. The summed E-state index contributed by atoms with van der Waals surface area (Å²) >= 11 is 0. The Morgan fingerprint density at radius 1 is 1.10 bits per heavy atom. The van der Waals surface area contributed by atoms with Crippen molar-refractivity contribution < 1.29 is 0 Å². The van der Waals surface area contributed by atoms with Crippen molar-refractivity contribution in [1.82, 2.24) is 4.90 Å². The average Bonchev–Trinajstić information content (AvgIpc) is 3.30. The summed E-state index contributed by atoms with van der Waals surface area (Å²) in [5.41, 5.74) is 7.72. The van der Waals surface area contributed by atoms with Gasteiger partial charge < -0.3 is 5.73 Å². The minimum Gasteiger partial charge on any atom is -0.323 e. The smallest absolute Gasteiger partial charge is 0.0424 e.